The van der Waals surface area contributed by atoms with Crippen molar-refractivity contribution in [3.8, 4) is 6.07 Å². The summed E-state index contributed by atoms with van der Waals surface area (Å²) in [5.41, 5.74) is 1.18. The van der Waals surface area contributed by atoms with E-state index in [2.05, 4.69) is 11.3 Å². The molecule has 8 heteroatoms. The van der Waals surface area contributed by atoms with Crippen LogP contribution in [0.1, 0.15) is 5.56 Å². The topological polar surface area (TPSA) is 95.2 Å². The molecule has 2 aromatic rings. The number of anilines is 1. The van der Waals surface area contributed by atoms with E-state index < -0.39 is 10.0 Å². The Labute approximate surface area is 145 Å². The van der Waals surface area contributed by atoms with Gasteiger partial charge in [0.25, 0.3) is 5.56 Å². The van der Waals surface area contributed by atoms with Crippen LogP contribution in [0.4, 0.5) is 5.69 Å². The van der Waals surface area contributed by atoms with Crippen LogP contribution < -0.4 is 15.2 Å². The van der Waals surface area contributed by atoms with Gasteiger partial charge in [-0.25, -0.2) is 13.1 Å². The summed E-state index contributed by atoms with van der Waals surface area (Å²) < 4.78 is 26.8. The summed E-state index contributed by atoms with van der Waals surface area (Å²) in [6.07, 6.45) is 0. The molecule has 7 nitrogen and oxygen atoms in total. The van der Waals surface area contributed by atoms with Gasteiger partial charge in [0.15, 0.2) is 0 Å². The van der Waals surface area contributed by atoms with Crippen LogP contribution >= 0.6 is 0 Å². The maximum atomic E-state index is 12.5. The number of para-hydroxylation sites is 1. The summed E-state index contributed by atoms with van der Waals surface area (Å²) in [5, 5.41) is 11.2. The second-order valence-electron chi connectivity index (χ2n) is 6.05. The molecule has 0 bridgehead atoms. The molecule has 3 rings (SSSR count). The average molecular weight is 358 g/mol. The number of rotatable bonds is 5. The first-order chi connectivity index (χ1) is 11.9. The molecule has 1 saturated heterocycles. The van der Waals surface area contributed by atoms with E-state index in [-0.39, 0.29) is 17.0 Å². The largest absolute Gasteiger partial charge is 0.369 e. The number of benzene rings is 1. The maximum Gasteiger partial charge on any atom is 0.270 e. The van der Waals surface area contributed by atoms with Crippen LogP contribution in [0.3, 0.4) is 0 Å². The second kappa shape index (κ2) is 6.35. The van der Waals surface area contributed by atoms with Gasteiger partial charge in [-0.3, -0.25) is 4.79 Å². The third-order valence-electron chi connectivity index (χ3n) is 4.45. The zero-order valence-electron chi connectivity index (χ0n) is 13.8. The van der Waals surface area contributed by atoms with E-state index in [1.54, 1.807) is 7.05 Å². The van der Waals surface area contributed by atoms with Crippen molar-refractivity contribution in [2.45, 2.75) is 0 Å². The van der Waals surface area contributed by atoms with Crippen LogP contribution in [-0.2, 0) is 17.1 Å². The first-order valence-electron chi connectivity index (χ1n) is 7.77. The molecule has 1 aromatic heterocycles. The normalized spacial score (nSPS) is 15.0. The third-order valence-corrected chi connectivity index (χ3v) is 5.46. The fourth-order valence-electron chi connectivity index (χ4n) is 3.08. The Balaban J connectivity index is 1.91. The quantitative estimate of drug-likeness (QED) is 0.857. The Morgan fingerprint density at radius 2 is 2.08 bits per heavy atom. The van der Waals surface area contributed by atoms with Gasteiger partial charge in [-0.05, 0) is 6.07 Å². The van der Waals surface area contributed by atoms with E-state index in [9.17, 15) is 18.5 Å². The molecule has 1 aromatic carbocycles. The summed E-state index contributed by atoms with van der Waals surface area (Å²) in [6.45, 7) is 4.71. The maximum absolute atomic E-state index is 12.5. The Hall–Kier alpha value is -2.63. The summed E-state index contributed by atoms with van der Waals surface area (Å²) in [5.74, 6) is 0.115. The number of hydrogen-bond donors (Lipinski definition) is 1. The molecule has 1 N–H and O–H groups in total. The Kier molecular flexibility index (Phi) is 4.37. The SMILES string of the molecule is C=CS(=O)(=O)NCC1CN(c2c(C#N)c(=O)n(C)c3ccccc23)C1. The fraction of sp³-hybridized carbons (Fsp3) is 0.294. The van der Waals surface area contributed by atoms with Gasteiger partial charge in [-0.2, -0.15) is 5.26 Å². The molecule has 0 aliphatic carbocycles. The van der Waals surface area contributed by atoms with E-state index in [0.717, 1.165) is 16.3 Å². The Morgan fingerprint density at radius 1 is 1.40 bits per heavy atom. The highest BCUT2D eigenvalue weighted by Crippen LogP contribution is 2.33. The smallest absolute Gasteiger partial charge is 0.270 e. The lowest BCUT2D eigenvalue weighted by Gasteiger charge is -2.42. The zero-order chi connectivity index (χ0) is 18.2. The van der Waals surface area contributed by atoms with Gasteiger partial charge in [-0.1, -0.05) is 24.8 Å². The molecule has 130 valence electrons. The minimum Gasteiger partial charge on any atom is -0.369 e. The standard InChI is InChI=1S/C17H18N4O3S/c1-3-25(23,24)19-9-12-10-21(11-12)16-13-6-4-5-7-15(13)20(2)17(22)14(16)8-18/h3-7,12,19H,1,9-11H2,2H3. The first-order valence-corrected chi connectivity index (χ1v) is 9.31. The molecule has 0 amide bonds. The molecular weight excluding hydrogens is 340 g/mol. The fourth-order valence-corrected chi connectivity index (χ4v) is 3.67. The number of hydrogen-bond acceptors (Lipinski definition) is 5. The lowest BCUT2D eigenvalue weighted by molar-refractivity contribution is 0.407. The summed E-state index contributed by atoms with van der Waals surface area (Å²) in [6, 6.07) is 9.47. The van der Waals surface area contributed by atoms with Crippen LogP contribution in [0.15, 0.2) is 41.0 Å². The lowest BCUT2D eigenvalue weighted by atomic mass is 9.97. The van der Waals surface area contributed by atoms with Crippen molar-refractivity contribution in [3.05, 3.63) is 52.2 Å². The monoisotopic (exact) mass is 358 g/mol. The van der Waals surface area contributed by atoms with Crippen molar-refractivity contribution in [3.63, 3.8) is 0 Å². The molecule has 25 heavy (non-hydrogen) atoms. The van der Waals surface area contributed by atoms with Crippen molar-refractivity contribution in [1.82, 2.24) is 9.29 Å². The number of fused-ring (bicyclic) bond motifs is 1. The molecular formula is C17H18N4O3S. The van der Waals surface area contributed by atoms with Crippen LogP contribution in [0.25, 0.3) is 10.9 Å². The van der Waals surface area contributed by atoms with E-state index in [1.807, 2.05) is 35.2 Å². The van der Waals surface area contributed by atoms with Gasteiger partial charge in [0.05, 0.1) is 11.2 Å². The number of aromatic nitrogens is 1. The molecule has 1 aliphatic rings. The van der Waals surface area contributed by atoms with Gasteiger partial charge in [0.1, 0.15) is 11.6 Å². The number of nitrogens with one attached hydrogen (secondary N) is 1. The van der Waals surface area contributed by atoms with Crippen molar-refractivity contribution < 1.29 is 8.42 Å². The van der Waals surface area contributed by atoms with Gasteiger partial charge in [0, 0.05) is 43.4 Å². The molecule has 2 heterocycles. The number of nitrogens with zero attached hydrogens (tertiary/aromatic N) is 3. The number of pyridine rings is 1. The zero-order valence-corrected chi connectivity index (χ0v) is 14.6. The predicted octanol–water partition coefficient (Wildman–Crippen LogP) is 0.909. The van der Waals surface area contributed by atoms with Crippen molar-refractivity contribution in [2.24, 2.45) is 13.0 Å². The van der Waals surface area contributed by atoms with Gasteiger partial charge >= 0.3 is 0 Å². The Bertz CT molecular complexity index is 1040. The van der Waals surface area contributed by atoms with Crippen molar-refractivity contribution in [1.29, 1.82) is 5.26 Å². The van der Waals surface area contributed by atoms with E-state index >= 15 is 0 Å². The number of nitriles is 1. The molecule has 1 aliphatic heterocycles. The lowest BCUT2D eigenvalue weighted by Crippen LogP contribution is -2.52. The molecule has 1 fully saturated rings. The highest BCUT2D eigenvalue weighted by Gasteiger charge is 2.31. The van der Waals surface area contributed by atoms with E-state index in [1.165, 1.54) is 4.57 Å². The van der Waals surface area contributed by atoms with Crippen LogP contribution in [0, 0.1) is 17.2 Å². The Morgan fingerprint density at radius 3 is 2.72 bits per heavy atom. The first kappa shape index (κ1) is 17.2. The van der Waals surface area contributed by atoms with E-state index in [0.29, 0.717) is 25.3 Å². The third kappa shape index (κ3) is 3.04. The summed E-state index contributed by atoms with van der Waals surface area (Å²) in [7, 11) is -1.79. The highest BCUT2D eigenvalue weighted by atomic mass is 32.2. The summed E-state index contributed by atoms with van der Waals surface area (Å²) in [4.78, 5) is 14.4. The van der Waals surface area contributed by atoms with E-state index in [4.69, 9.17) is 0 Å². The molecule has 0 atom stereocenters. The predicted molar refractivity (Wildman–Crippen MR) is 96.7 cm³/mol. The highest BCUT2D eigenvalue weighted by molar-refractivity contribution is 7.92. The summed E-state index contributed by atoms with van der Waals surface area (Å²) >= 11 is 0. The number of aryl methyl sites for hydroxylation is 1. The molecule has 0 unspecified atom stereocenters. The van der Waals surface area contributed by atoms with Gasteiger partial charge < -0.3 is 9.47 Å². The molecule has 0 saturated carbocycles. The van der Waals surface area contributed by atoms with Crippen LogP contribution in [-0.4, -0.2) is 32.6 Å². The van der Waals surface area contributed by atoms with Crippen LogP contribution in [0.5, 0.6) is 0 Å². The van der Waals surface area contributed by atoms with Crippen molar-refractivity contribution >= 4 is 26.6 Å². The average Bonchev–Trinajstić information content (AvgIpc) is 2.57. The number of sulfonamides is 1. The van der Waals surface area contributed by atoms with Crippen molar-refractivity contribution in [2.75, 3.05) is 24.5 Å². The molecule has 0 spiro atoms. The molecule has 0 radical (unpaired) electrons. The minimum atomic E-state index is -3.44. The second-order valence-corrected chi connectivity index (χ2v) is 7.76. The minimum absolute atomic E-state index is 0.115. The van der Waals surface area contributed by atoms with Crippen LogP contribution in [0.2, 0.25) is 0 Å². The van der Waals surface area contributed by atoms with Gasteiger partial charge in [-0.15, -0.1) is 0 Å². The van der Waals surface area contributed by atoms with Gasteiger partial charge in [0.2, 0.25) is 10.0 Å².